The number of aryl methyl sites for hydroxylation is 1. The van der Waals surface area contributed by atoms with Crippen LogP contribution in [0, 0.1) is 11.3 Å². The lowest BCUT2D eigenvalue weighted by Crippen LogP contribution is -3.27. The number of aliphatic hydroxyl groups excluding tert-OH is 1. The van der Waals surface area contributed by atoms with Gasteiger partial charge < -0.3 is 19.5 Å². The van der Waals surface area contributed by atoms with Crippen LogP contribution in [0.3, 0.4) is 0 Å². The second kappa shape index (κ2) is 6.41. The number of aromatic nitrogens is 2. The third-order valence-electron chi connectivity index (χ3n) is 4.64. The van der Waals surface area contributed by atoms with Crippen LogP contribution in [0.1, 0.15) is 5.82 Å². The normalized spacial score (nSPS) is 22.7. The summed E-state index contributed by atoms with van der Waals surface area (Å²) in [6.45, 7) is 4.70. The quantitative estimate of drug-likeness (QED) is 0.491. The van der Waals surface area contributed by atoms with Gasteiger partial charge in [-0.25, -0.2) is 4.98 Å². The number of hydrogen-bond donors (Lipinski definition) is 3. The van der Waals surface area contributed by atoms with Gasteiger partial charge in [0.15, 0.2) is 11.6 Å². The van der Waals surface area contributed by atoms with Crippen LogP contribution in [0.5, 0.6) is 0 Å². The molecule has 3 N–H and O–H groups in total. The molecule has 23 heavy (non-hydrogen) atoms. The zero-order valence-electron chi connectivity index (χ0n) is 13.6. The van der Waals surface area contributed by atoms with Crippen molar-refractivity contribution in [2.45, 2.75) is 0 Å². The van der Waals surface area contributed by atoms with E-state index >= 15 is 0 Å². The summed E-state index contributed by atoms with van der Waals surface area (Å²) in [7, 11) is 4.06. The molecule has 6 nitrogen and oxygen atoms in total. The summed E-state index contributed by atoms with van der Waals surface area (Å²) in [5.41, 5.74) is 2.07. The first kappa shape index (κ1) is 15.5. The van der Waals surface area contributed by atoms with E-state index in [1.807, 2.05) is 35.9 Å². The van der Waals surface area contributed by atoms with Gasteiger partial charge in [-0.15, -0.1) is 0 Å². The summed E-state index contributed by atoms with van der Waals surface area (Å²) in [6, 6.07) is 9.89. The molecule has 6 heteroatoms. The van der Waals surface area contributed by atoms with Gasteiger partial charge in [-0.1, -0.05) is 12.1 Å². The van der Waals surface area contributed by atoms with E-state index in [-0.39, 0.29) is 11.3 Å². The molecule has 1 aromatic carbocycles. The number of allylic oxidation sites excluding steroid dienone is 1. The molecule has 3 rings (SSSR count). The fourth-order valence-corrected chi connectivity index (χ4v) is 3.15. The maximum absolute atomic E-state index is 10.5. The van der Waals surface area contributed by atoms with E-state index in [1.165, 1.54) is 9.80 Å². The summed E-state index contributed by atoms with van der Waals surface area (Å²) in [6.07, 6.45) is 0. The van der Waals surface area contributed by atoms with Crippen molar-refractivity contribution in [1.82, 2.24) is 9.55 Å². The van der Waals surface area contributed by atoms with Gasteiger partial charge in [0.05, 0.1) is 18.1 Å². The Balaban J connectivity index is 1.90. The van der Waals surface area contributed by atoms with Crippen molar-refractivity contribution in [2.24, 2.45) is 7.05 Å². The maximum Gasteiger partial charge on any atom is 0.169 e. The predicted octanol–water partition coefficient (Wildman–Crippen LogP) is -1.22. The molecule has 0 saturated carbocycles. The molecule has 1 fully saturated rings. The Morgan fingerprint density at radius 1 is 1.30 bits per heavy atom. The number of aliphatic hydroxyl groups is 1. The molecule has 1 aromatic heterocycles. The van der Waals surface area contributed by atoms with Crippen LogP contribution >= 0.6 is 0 Å². The first-order valence-electron chi connectivity index (χ1n) is 7.99. The third-order valence-corrected chi connectivity index (χ3v) is 4.64. The first-order chi connectivity index (χ1) is 11.1. The lowest BCUT2D eigenvalue weighted by Gasteiger charge is -2.27. The number of rotatable bonds is 3. The van der Waals surface area contributed by atoms with Gasteiger partial charge in [-0.05, 0) is 12.1 Å². The van der Waals surface area contributed by atoms with Gasteiger partial charge in [0.2, 0.25) is 0 Å². The van der Waals surface area contributed by atoms with Gasteiger partial charge in [0.1, 0.15) is 44.4 Å². The standard InChI is InChI=1S/C17H21N5O/c1-20-7-9-22(10-8-20)12-16(23)13(11-18)17-19-14-5-3-4-6-15(14)21(17)2/h3-6,23H,7-10,12H2,1-2H3/p+2. The number of fused-ring (bicyclic) bond motifs is 1. The molecule has 1 aliphatic heterocycles. The fraction of sp³-hybridized carbons (Fsp3) is 0.412. The van der Waals surface area contributed by atoms with Crippen molar-refractivity contribution in [1.29, 1.82) is 5.26 Å². The summed E-state index contributed by atoms with van der Waals surface area (Å²) >= 11 is 0. The number of hydrogen-bond acceptors (Lipinski definition) is 3. The number of benzene rings is 1. The Morgan fingerprint density at radius 2 is 2.00 bits per heavy atom. The van der Waals surface area contributed by atoms with Gasteiger partial charge >= 0.3 is 0 Å². The highest BCUT2D eigenvalue weighted by atomic mass is 16.3. The summed E-state index contributed by atoms with van der Waals surface area (Å²) in [5, 5.41) is 20.0. The molecule has 0 aliphatic carbocycles. The number of nitriles is 1. The van der Waals surface area contributed by atoms with E-state index in [0.717, 1.165) is 37.2 Å². The number of nitrogens with zero attached hydrogens (tertiary/aromatic N) is 3. The molecule has 0 radical (unpaired) electrons. The molecule has 2 aromatic rings. The third kappa shape index (κ3) is 3.07. The average molecular weight is 313 g/mol. The van der Waals surface area contributed by atoms with Gasteiger partial charge in [0.25, 0.3) is 0 Å². The van der Waals surface area contributed by atoms with E-state index in [2.05, 4.69) is 18.1 Å². The Labute approximate surface area is 135 Å². The Kier molecular flexibility index (Phi) is 4.33. The van der Waals surface area contributed by atoms with Crippen LogP contribution in [-0.2, 0) is 7.05 Å². The van der Waals surface area contributed by atoms with Gasteiger partial charge in [-0.3, -0.25) is 0 Å². The maximum atomic E-state index is 10.5. The van der Waals surface area contributed by atoms with Crippen LogP contribution in [0.15, 0.2) is 30.0 Å². The van der Waals surface area contributed by atoms with Crippen molar-refractivity contribution >= 4 is 16.6 Å². The number of imidazole rings is 1. The SMILES string of the molecule is Cn1c(C(C#N)=C(O)C[NH+]2CC[NH+](C)CC2)nc2ccccc21. The van der Waals surface area contributed by atoms with E-state index in [4.69, 9.17) is 0 Å². The second-order valence-corrected chi connectivity index (χ2v) is 6.30. The van der Waals surface area contributed by atoms with Crippen molar-refractivity contribution in [2.75, 3.05) is 39.8 Å². The summed E-state index contributed by atoms with van der Waals surface area (Å²) in [5.74, 6) is 0.672. The number of piperazine rings is 1. The second-order valence-electron chi connectivity index (χ2n) is 6.30. The Hall–Kier alpha value is -2.36. The van der Waals surface area contributed by atoms with Crippen LogP contribution in [0.25, 0.3) is 16.6 Å². The van der Waals surface area contributed by atoms with E-state index in [1.54, 1.807) is 0 Å². The number of para-hydroxylation sites is 2. The number of quaternary nitrogens is 2. The molecule has 0 bridgehead atoms. The highest BCUT2D eigenvalue weighted by Gasteiger charge is 2.24. The van der Waals surface area contributed by atoms with Gasteiger partial charge in [0, 0.05) is 7.05 Å². The Morgan fingerprint density at radius 3 is 2.65 bits per heavy atom. The molecule has 0 atom stereocenters. The first-order valence-corrected chi connectivity index (χ1v) is 7.99. The lowest BCUT2D eigenvalue weighted by atomic mass is 10.2. The van der Waals surface area contributed by atoms with Gasteiger partial charge in [-0.2, -0.15) is 5.26 Å². The van der Waals surface area contributed by atoms with E-state index in [0.29, 0.717) is 12.4 Å². The highest BCUT2D eigenvalue weighted by Crippen LogP contribution is 2.21. The minimum Gasteiger partial charge on any atom is -0.506 e. The minimum atomic E-state index is 0.139. The zero-order valence-corrected chi connectivity index (χ0v) is 13.6. The fourth-order valence-electron chi connectivity index (χ4n) is 3.15. The monoisotopic (exact) mass is 313 g/mol. The van der Waals surface area contributed by atoms with Crippen LogP contribution in [-0.4, -0.2) is 54.4 Å². The molecule has 120 valence electrons. The topological polar surface area (TPSA) is 70.7 Å². The van der Waals surface area contributed by atoms with Crippen molar-refractivity contribution in [3.05, 3.63) is 35.8 Å². The molecule has 2 heterocycles. The molecular weight excluding hydrogens is 290 g/mol. The molecule has 0 spiro atoms. The number of likely N-dealkylation sites (N-methyl/N-ethyl adjacent to an activating group) is 1. The van der Waals surface area contributed by atoms with Crippen LogP contribution in [0.4, 0.5) is 0 Å². The van der Waals surface area contributed by atoms with E-state index < -0.39 is 0 Å². The van der Waals surface area contributed by atoms with Crippen molar-refractivity contribution < 1.29 is 14.9 Å². The zero-order chi connectivity index (χ0) is 16.4. The largest absolute Gasteiger partial charge is 0.506 e. The highest BCUT2D eigenvalue weighted by molar-refractivity contribution is 5.83. The molecule has 1 aliphatic rings. The molecule has 0 amide bonds. The summed E-state index contributed by atoms with van der Waals surface area (Å²) < 4.78 is 1.87. The molecular formula is C17H23N5O+2. The average Bonchev–Trinajstić information content (AvgIpc) is 2.88. The van der Waals surface area contributed by atoms with Crippen molar-refractivity contribution in [3.8, 4) is 6.07 Å². The van der Waals surface area contributed by atoms with Crippen molar-refractivity contribution in [3.63, 3.8) is 0 Å². The Bertz CT molecular complexity index is 778. The number of nitrogens with one attached hydrogen (secondary N) is 2. The van der Waals surface area contributed by atoms with Crippen LogP contribution in [0.2, 0.25) is 0 Å². The smallest absolute Gasteiger partial charge is 0.169 e. The lowest BCUT2D eigenvalue weighted by molar-refractivity contribution is -1.00. The molecule has 0 unspecified atom stereocenters. The molecule has 1 saturated heterocycles. The van der Waals surface area contributed by atoms with Crippen LogP contribution < -0.4 is 9.80 Å². The minimum absolute atomic E-state index is 0.139. The summed E-state index contributed by atoms with van der Waals surface area (Å²) in [4.78, 5) is 7.36. The van der Waals surface area contributed by atoms with E-state index in [9.17, 15) is 10.4 Å². The predicted molar refractivity (Wildman–Crippen MR) is 88.1 cm³/mol.